The lowest BCUT2D eigenvalue weighted by Gasteiger charge is -2.34. The molecule has 52 heavy (non-hydrogen) atoms. The Bertz CT molecular complexity index is 2020. The number of alkyl halides is 5. The first-order valence-electron chi connectivity index (χ1n) is 15.8. The molecular weight excluding hydrogens is 777 g/mol. The normalized spacial score (nSPS) is 13.6. The fourth-order valence-corrected chi connectivity index (χ4v) is 5.97. The minimum atomic E-state index is -4.58. The van der Waals surface area contributed by atoms with Crippen LogP contribution >= 0.6 is 28.6 Å². The Morgan fingerprint density at radius 3 is 2.29 bits per heavy atom. The molecule has 1 fully saturated rings. The fourth-order valence-electron chi connectivity index (χ4n) is 5.70. The highest BCUT2D eigenvalue weighted by molar-refractivity contribution is 8.93. The number of ether oxygens (including phenoxy) is 2. The summed E-state index contributed by atoms with van der Waals surface area (Å²) in [7, 11) is 1.45. The van der Waals surface area contributed by atoms with Gasteiger partial charge in [-0.3, -0.25) is 14.5 Å². The zero-order valence-corrected chi connectivity index (χ0v) is 30.0. The maximum Gasteiger partial charge on any atom is 0.416 e. The molecule has 1 N–H and O–H groups in total. The number of halogens is 7. The summed E-state index contributed by atoms with van der Waals surface area (Å²) in [6.07, 6.45) is -2.99. The van der Waals surface area contributed by atoms with Gasteiger partial charge in [0.05, 0.1) is 34.5 Å². The van der Waals surface area contributed by atoms with Crippen LogP contribution in [0, 0.1) is 0 Å². The number of nitrogens with zero attached hydrogens (tertiary/aromatic N) is 4. The van der Waals surface area contributed by atoms with E-state index >= 15 is 0 Å². The largest absolute Gasteiger partial charge is 0.439 e. The molecule has 16 heteroatoms. The zero-order chi connectivity index (χ0) is 36.3. The molecule has 0 spiro atoms. The molecule has 3 aromatic carbocycles. The Balaban J connectivity index is 0.00000523. The number of hydrogen-bond donors (Lipinski definition) is 1. The average Bonchev–Trinajstić information content (AvgIpc) is 3.50. The second kappa shape index (κ2) is 16.3. The standard InChI is InChI=1S/C36H31ClF5N5O4.BrH/c1-45(34(49)29-10-5-24(17-30(29)37)36(40,41)42)26-6-11-32(43-20-26)50-28-9-4-23-16-25(44-31(23)19-28)18-33(48)47-14-12-46(13-15-47)21-22-2-7-27(8-3-22)51-35(38)39;/h2-11,16-17,19-20,35,44H,12-15,18,21H2,1H3;1H. The van der Waals surface area contributed by atoms with Crippen LogP contribution in [0.25, 0.3) is 10.9 Å². The van der Waals surface area contributed by atoms with Gasteiger partial charge in [0, 0.05) is 63.1 Å². The first kappa shape index (κ1) is 38.5. The van der Waals surface area contributed by atoms with Gasteiger partial charge in [-0.25, -0.2) is 4.98 Å². The van der Waals surface area contributed by atoms with Crippen LogP contribution in [0.3, 0.4) is 0 Å². The molecule has 274 valence electrons. The maximum atomic E-state index is 13.1. The van der Waals surface area contributed by atoms with Crippen LogP contribution in [0.1, 0.15) is 27.2 Å². The van der Waals surface area contributed by atoms with Crippen molar-refractivity contribution in [2.24, 2.45) is 0 Å². The van der Waals surface area contributed by atoms with Gasteiger partial charge >= 0.3 is 12.8 Å². The topological polar surface area (TPSA) is 91.0 Å². The average molecular weight is 809 g/mol. The Morgan fingerprint density at radius 1 is 0.942 bits per heavy atom. The summed E-state index contributed by atoms with van der Waals surface area (Å²) in [5.41, 5.74) is 1.82. The number of pyridine rings is 1. The Hall–Kier alpha value is -4.73. The number of H-pyrrole nitrogens is 1. The molecule has 9 nitrogen and oxygen atoms in total. The number of anilines is 1. The lowest BCUT2D eigenvalue weighted by Crippen LogP contribution is -2.48. The predicted octanol–water partition coefficient (Wildman–Crippen LogP) is 8.37. The number of hydrogen-bond acceptors (Lipinski definition) is 6. The van der Waals surface area contributed by atoms with Crippen molar-refractivity contribution in [3.05, 3.63) is 112 Å². The van der Waals surface area contributed by atoms with Crippen LogP contribution in [0.15, 0.2) is 85.1 Å². The molecule has 5 aromatic rings. The molecule has 0 unspecified atom stereocenters. The van der Waals surface area contributed by atoms with Crippen molar-refractivity contribution in [3.8, 4) is 17.4 Å². The third kappa shape index (κ3) is 9.38. The second-order valence-corrected chi connectivity index (χ2v) is 12.3. The molecule has 3 heterocycles. The molecule has 0 saturated carbocycles. The van der Waals surface area contributed by atoms with Crippen LogP contribution in [0.5, 0.6) is 17.4 Å². The summed E-state index contributed by atoms with van der Waals surface area (Å²) in [4.78, 5) is 38.9. The van der Waals surface area contributed by atoms with E-state index in [1.165, 1.54) is 30.3 Å². The second-order valence-electron chi connectivity index (χ2n) is 11.9. The number of carbonyl (C=O) groups excluding carboxylic acids is 2. The van der Waals surface area contributed by atoms with E-state index in [0.29, 0.717) is 50.2 Å². The molecule has 2 amide bonds. The van der Waals surface area contributed by atoms with Crippen molar-refractivity contribution >= 4 is 57.0 Å². The number of nitrogens with one attached hydrogen (secondary N) is 1. The van der Waals surface area contributed by atoms with Crippen molar-refractivity contribution in [3.63, 3.8) is 0 Å². The summed E-state index contributed by atoms with van der Waals surface area (Å²) in [5, 5.41) is 0.579. The van der Waals surface area contributed by atoms with Gasteiger partial charge in [0.1, 0.15) is 11.5 Å². The van der Waals surface area contributed by atoms with E-state index in [0.717, 1.165) is 34.3 Å². The molecule has 0 radical (unpaired) electrons. The third-order valence-corrected chi connectivity index (χ3v) is 8.75. The van der Waals surface area contributed by atoms with E-state index < -0.39 is 24.3 Å². The highest BCUT2D eigenvalue weighted by atomic mass is 79.9. The van der Waals surface area contributed by atoms with Crippen molar-refractivity contribution < 1.29 is 41.0 Å². The van der Waals surface area contributed by atoms with Crippen LogP contribution in [-0.2, 0) is 23.9 Å². The van der Waals surface area contributed by atoms with E-state index in [9.17, 15) is 31.5 Å². The SMILES string of the molecule is Br.CN(C(=O)c1ccc(C(F)(F)F)cc1Cl)c1ccc(Oc2ccc3cc(CC(=O)N4CCN(Cc5ccc(OC(F)F)cc5)CC4)[nH]c3c2)nc1. The Kier molecular flexibility index (Phi) is 12.1. The molecule has 1 aliphatic heterocycles. The quantitative estimate of drug-likeness (QED) is 0.143. The smallest absolute Gasteiger partial charge is 0.416 e. The summed E-state index contributed by atoms with van der Waals surface area (Å²) < 4.78 is 74.1. The molecule has 0 aliphatic carbocycles. The van der Waals surface area contributed by atoms with Gasteiger partial charge in [0.2, 0.25) is 11.8 Å². The van der Waals surface area contributed by atoms with E-state index in [1.54, 1.807) is 36.4 Å². The number of benzene rings is 3. The Labute approximate surface area is 310 Å². The van der Waals surface area contributed by atoms with Gasteiger partial charge in [0.25, 0.3) is 5.91 Å². The van der Waals surface area contributed by atoms with E-state index in [1.807, 2.05) is 17.0 Å². The zero-order valence-electron chi connectivity index (χ0n) is 27.5. The summed E-state index contributed by atoms with van der Waals surface area (Å²) >= 11 is 6.00. The number of aromatic nitrogens is 2. The summed E-state index contributed by atoms with van der Waals surface area (Å²) in [6.45, 7) is 0.288. The summed E-state index contributed by atoms with van der Waals surface area (Å²) in [6, 6.07) is 19.6. The highest BCUT2D eigenvalue weighted by Gasteiger charge is 2.32. The van der Waals surface area contributed by atoms with E-state index in [4.69, 9.17) is 16.3 Å². The monoisotopic (exact) mass is 807 g/mol. The third-order valence-electron chi connectivity index (χ3n) is 8.43. The van der Waals surface area contributed by atoms with Crippen LogP contribution in [0.2, 0.25) is 5.02 Å². The van der Waals surface area contributed by atoms with Crippen molar-refractivity contribution in [2.45, 2.75) is 25.8 Å². The molecule has 1 saturated heterocycles. The number of carbonyl (C=O) groups is 2. The van der Waals surface area contributed by atoms with Gasteiger partial charge in [0.15, 0.2) is 0 Å². The Morgan fingerprint density at radius 2 is 1.65 bits per heavy atom. The minimum Gasteiger partial charge on any atom is -0.439 e. The fraction of sp³-hybridized carbons (Fsp3) is 0.250. The lowest BCUT2D eigenvalue weighted by molar-refractivity contribution is -0.137. The van der Waals surface area contributed by atoms with Gasteiger partial charge < -0.3 is 24.3 Å². The highest BCUT2D eigenvalue weighted by Crippen LogP contribution is 2.33. The van der Waals surface area contributed by atoms with Gasteiger partial charge in [-0.15, -0.1) is 17.0 Å². The van der Waals surface area contributed by atoms with Crippen molar-refractivity contribution in [1.82, 2.24) is 19.8 Å². The molecular formula is C36H32BrClF5N5O4. The molecule has 0 atom stereocenters. The minimum absolute atomic E-state index is 0. The predicted molar refractivity (Wildman–Crippen MR) is 191 cm³/mol. The van der Waals surface area contributed by atoms with Crippen molar-refractivity contribution in [1.29, 1.82) is 0 Å². The molecule has 1 aliphatic rings. The number of piperazine rings is 1. The number of rotatable bonds is 10. The van der Waals surface area contributed by atoms with E-state index in [-0.39, 0.29) is 51.5 Å². The van der Waals surface area contributed by atoms with Crippen LogP contribution in [0.4, 0.5) is 27.6 Å². The van der Waals surface area contributed by atoms with Crippen molar-refractivity contribution in [2.75, 3.05) is 38.1 Å². The van der Waals surface area contributed by atoms with Gasteiger partial charge in [-0.05, 0) is 65.5 Å². The van der Waals surface area contributed by atoms with E-state index in [2.05, 4.69) is 19.6 Å². The number of aromatic amines is 1. The van der Waals surface area contributed by atoms with Crippen LogP contribution in [-0.4, -0.2) is 71.4 Å². The first-order chi connectivity index (χ1) is 24.3. The molecule has 0 bridgehead atoms. The van der Waals surface area contributed by atoms with Crippen LogP contribution < -0.4 is 14.4 Å². The van der Waals surface area contributed by atoms with Gasteiger partial charge in [-0.2, -0.15) is 22.0 Å². The lowest BCUT2D eigenvalue weighted by atomic mass is 10.1. The molecule has 6 rings (SSSR count). The number of amides is 2. The van der Waals surface area contributed by atoms with Gasteiger partial charge in [-0.1, -0.05) is 23.7 Å². The summed E-state index contributed by atoms with van der Waals surface area (Å²) in [5.74, 6) is 0.229. The first-order valence-corrected chi connectivity index (χ1v) is 16.1. The number of fused-ring (bicyclic) bond motifs is 1. The molecule has 2 aromatic heterocycles. The maximum absolute atomic E-state index is 13.1.